The van der Waals surface area contributed by atoms with Crippen LogP contribution in [0.1, 0.15) is 13.2 Å². The van der Waals surface area contributed by atoms with Crippen molar-refractivity contribution >= 4 is 18.6 Å². The van der Waals surface area contributed by atoms with Gasteiger partial charge in [0.15, 0.2) is 0 Å². The van der Waals surface area contributed by atoms with Gasteiger partial charge in [-0.25, -0.2) is 4.79 Å². The first-order chi connectivity index (χ1) is 9.60. The molecule has 0 aromatic heterocycles. The molecule has 2 rings (SSSR count). The van der Waals surface area contributed by atoms with Gasteiger partial charge in [-0.15, -0.1) is 0 Å². The number of rotatable bonds is 4. The van der Waals surface area contributed by atoms with Crippen LogP contribution in [-0.2, 0) is 4.74 Å². The predicted molar refractivity (Wildman–Crippen MR) is 78.4 cm³/mol. The van der Waals surface area contributed by atoms with E-state index in [1.165, 1.54) is 7.11 Å². The summed E-state index contributed by atoms with van der Waals surface area (Å²) in [5, 5.41) is 18.0. The average molecular weight is 276 g/mol. The molecule has 0 saturated heterocycles. The van der Waals surface area contributed by atoms with Crippen LogP contribution in [0.4, 0.5) is 0 Å². The Balaban J connectivity index is 0.00000220. The maximum Gasteiger partial charge on any atom is 0.488 e. The summed E-state index contributed by atoms with van der Waals surface area (Å²) >= 11 is 0. The highest BCUT2D eigenvalue weighted by atomic mass is 16.5. The molecule has 6 heteroatoms. The number of hydrogen-bond donors (Lipinski definition) is 2. The number of ether oxygens (including phenoxy) is 2. The molecule has 0 aliphatic rings. The molecule has 2 aromatic carbocycles. The number of methoxy groups -OCH3 is 1. The summed E-state index contributed by atoms with van der Waals surface area (Å²) in [6, 6.07) is 12.9. The maximum atomic E-state index is 11.3. The Kier molecular flexibility index (Phi) is 4.39. The summed E-state index contributed by atoms with van der Waals surface area (Å²) < 4.78 is 10.2. The van der Waals surface area contributed by atoms with Crippen LogP contribution in [0.2, 0.25) is 0 Å². The van der Waals surface area contributed by atoms with Gasteiger partial charge in [-0.1, -0.05) is 12.1 Å². The van der Waals surface area contributed by atoms with Crippen molar-refractivity contribution in [3.8, 4) is 11.5 Å². The second kappa shape index (κ2) is 6.23. The molecule has 2 N–H and O–H groups in total. The lowest BCUT2D eigenvalue weighted by Crippen LogP contribution is -2.29. The Morgan fingerprint density at radius 3 is 1.95 bits per heavy atom. The van der Waals surface area contributed by atoms with Crippen molar-refractivity contribution in [2.45, 2.75) is 0 Å². The number of esters is 1. The van der Waals surface area contributed by atoms with E-state index in [1.54, 1.807) is 48.5 Å². The lowest BCUT2D eigenvalue weighted by Gasteiger charge is -2.07. The molecule has 0 radical (unpaired) electrons. The van der Waals surface area contributed by atoms with E-state index in [0.29, 0.717) is 22.5 Å². The van der Waals surface area contributed by atoms with Crippen molar-refractivity contribution < 1.29 is 27.2 Å². The minimum absolute atomic E-state index is 0. The number of carbonyl (C=O) groups excluding carboxylic acids is 1. The molecule has 0 aliphatic heterocycles. The largest absolute Gasteiger partial charge is 0.488 e. The summed E-state index contributed by atoms with van der Waals surface area (Å²) in [6.07, 6.45) is 0. The third-order valence-corrected chi connectivity index (χ3v) is 2.69. The zero-order chi connectivity index (χ0) is 14.5. The van der Waals surface area contributed by atoms with Crippen LogP contribution in [0.15, 0.2) is 48.5 Å². The van der Waals surface area contributed by atoms with Gasteiger partial charge >= 0.3 is 13.1 Å². The zero-order valence-corrected chi connectivity index (χ0v) is 10.8. The molecule has 0 fully saturated rings. The van der Waals surface area contributed by atoms with Crippen LogP contribution in [0.25, 0.3) is 0 Å². The minimum atomic E-state index is -1.50. The van der Waals surface area contributed by atoms with Crippen LogP contribution in [0.3, 0.4) is 0 Å². The molecule has 20 heavy (non-hydrogen) atoms. The molecular weight excluding hydrogens is 259 g/mol. The fourth-order valence-electron chi connectivity index (χ4n) is 1.62. The van der Waals surface area contributed by atoms with Crippen molar-refractivity contribution in [2.24, 2.45) is 0 Å². The van der Waals surface area contributed by atoms with Crippen LogP contribution < -0.4 is 10.2 Å². The van der Waals surface area contributed by atoms with Gasteiger partial charge in [0.1, 0.15) is 11.5 Å². The number of hydrogen-bond acceptors (Lipinski definition) is 5. The Morgan fingerprint density at radius 2 is 1.50 bits per heavy atom. The molecule has 0 unspecified atom stereocenters. The average Bonchev–Trinajstić information content (AvgIpc) is 2.48. The first kappa shape index (κ1) is 14.1. The highest BCUT2D eigenvalue weighted by molar-refractivity contribution is 6.58. The molecule has 0 atom stereocenters. The first-order valence-corrected chi connectivity index (χ1v) is 5.92. The van der Waals surface area contributed by atoms with E-state index in [-0.39, 0.29) is 2.85 Å². The lowest BCUT2D eigenvalue weighted by atomic mass is 9.80. The lowest BCUT2D eigenvalue weighted by molar-refractivity contribution is 0.0600. The van der Waals surface area contributed by atoms with Crippen molar-refractivity contribution in [1.29, 1.82) is 0 Å². The smallest absolute Gasteiger partial charge is 0.465 e. The molecule has 0 aliphatic carbocycles. The predicted octanol–water partition coefficient (Wildman–Crippen LogP) is 1.44. The zero-order valence-electron chi connectivity index (χ0n) is 10.8. The topological polar surface area (TPSA) is 76.0 Å². The molecule has 0 saturated carbocycles. The van der Waals surface area contributed by atoms with Crippen LogP contribution in [0.5, 0.6) is 11.5 Å². The highest BCUT2D eigenvalue weighted by Gasteiger charge is 2.10. The molecular formula is C14H17BO5. The van der Waals surface area contributed by atoms with Gasteiger partial charge in [0.05, 0.1) is 12.7 Å². The van der Waals surface area contributed by atoms with Crippen LogP contribution in [0, 0.1) is 0 Å². The summed E-state index contributed by atoms with van der Waals surface area (Å²) in [6.45, 7) is 0. The molecule has 0 spiro atoms. The summed E-state index contributed by atoms with van der Waals surface area (Å²) in [5.41, 5.74) is 0.831. The standard InChI is InChI=1S/C14H13BO5.2H2/c1-19-14(16)10-2-6-12(7-3-10)20-13-8-4-11(5-9-13)15(17)18;;/h2-9,17-18H,1H3;2*1H. The molecule has 2 aromatic rings. The normalized spacial score (nSPS) is 9.95. The highest BCUT2D eigenvalue weighted by Crippen LogP contribution is 2.21. The fraction of sp³-hybridized carbons (Fsp3) is 0.0714. The van der Waals surface area contributed by atoms with Crippen molar-refractivity contribution in [3.63, 3.8) is 0 Å². The van der Waals surface area contributed by atoms with Gasteiger partial charge < -0.3 is 19.5 Å². The van der Waals surface area contributed by atoms with Gasteiger partial charge in [0.25, 0.3) is 0 Å². The summed E-state index contributed by atoms with van der Waals surface area (Å²) in [4.78, 5) is 11.3. The van der Waals surface area contributed by atoms with Crippen molar-refractivity contribution in [3.05, 3.63) is 54.1 Å². The van der Waals surface area contributed by atoms with E-state index in [0.717, 1.165) is 0 Å². The SMILES string of the molecule is COC(=O)c1ccc(Oc2ccc(B(O)O)cc2)cc1.[HH].[HH]. The molecule has 0 heterocycles. The van der Waals surface area contributed by atoms with Gasteiger partial charge in [-0.05, 0) is 41.9 Å². The van der Waals surface area contributed by atoms with E-state index in [2.05, 4.69) is 4.74 Å². The summed E-state index contributed by atoms with van der Waals surface area (Å²) in [7, 11) is -0.174. The van der Waals surface area contributed by atoms with Gasteiger partial charge in [0.2, 0.25) is 0 Å². The monoisotopic (exact) mass is 276 g/mol. The van der Waals surface area contributed by atoms with Crippen LogP contribution in [-0.4, -0.2) is 30.2 Å². The second-order valence-electron chi connectivity index (χ2n) is 4.06. The molecule has 106 valence electrons. The van der Waals surface area contributed by atoms with E-state index < -0.39 is 13.1 Å². The molecule has 0 amide bonds. The molecule has 5 nitrogen and oxygen atoms in total. The second-order valence-corrected chi connectivity index (χ2v) is 4.06. The van der Waals surface area contributed by atoms with Gasteiger partial charge in [0, 0.05) is 2.85 Å². The van der Waals surface area contributed by atoms with Crippen LogP contribution >= 0.6 is 0 Å². The quantitative estimate of drug-likeness (QED) is 0.652. The van der Waals surface area contributed by atoms with E-state index >= 15 is 0 Å². The third-order valence-electron chi connectivity index (χ3n) is 2.69. The Bertz CT molecular complexity index is 587. The van der Waals surface area contributed by atoms with E-state index in [1.807, 2.05) is 0 Å². The number of carbonyl (C=O) groups is 1. The number of benzene rings is 2. The van der Waals surface area contributed by atoms with Gasteiger partial charge in [-0.3, -0.25) is 0 Å². The van der Waals surface area contributed by atoms with Gasteiger partial charge in [-0.2, -0.15) is 0 Å². The minimum Gasteiger partial charge on any atom is -0.465 e. The summed E-state index contributed by atoms with van der Waals surface area (Å²) in [5.74, 6) is 0.716. The Morgan fingerprint density at radius 1 is 1.00 bits per heavy atom. The first-order valence-electron chi connectivity index (χ1n) is 5.92. The van der Waals surface area contributed by atoms with E-state index in [9.17, 15) is 4.79 Å². The molecule has 0 bridgehead atoms. The Hall–Kier alpha value is -2.31. The maximum absolute atomic E-state index is 11.3. The van der Waals surface area contributed by atoms with E-state index in [4.69, 9.17) is 14.8 Å². The fourth-order valence-corrected chi connectivity index (χ4v) is 1.62. The van der Waals surface area contributed by atoms with Crippen molar-refractivity contribution in [2.75, 3.05) is 7.11 Å². The van der Waals surface area contributed by atoms with Crippen molar-refractivity contribution in [1.82, 2.24) is 0 Å². The Labute approximate surface area is 119 Å². The third kappa shape index (κ3) is 3.37.